The fraction of sp³-hybridized carbons (Fsp3) is 0.212. The van der Waals surface area contributed by atoms with Crippen molar-refractivity contribution in [1.82, 2.24) is 4.31 Å². The number of ether oxygens (including phenoxy) is 3. The SMILES string of the molecule is COC(=O)c1ccc(CN(Cc2ccc(OC)c(OC)c2)S(=O)(=O)c2cc(C(=O)Nc3cccc(C)c3C)ccc2F)cc1. The summed E-state index contributed by atoms with van der Waals surface area (Å²) in [6.45, 7) is 3.43. The van der Waals surface area contributed by atoms with Gasteiger partial charge >= 0.3 is 5.97 Å². The molecule has 4 aromatic rings. The van der Waals surface area contributed by atoms with Crippen LogP contribution in [0.5, 0.6) is 11.5 Å². The lowest BCUT2D eigenvalue weighted by molar-refractivity contribution is 0.0600. The first-order chi connectivity index (χ1) is 21.0. The summed E-state index contributed by atoms with van der Waals surface area (Å²) < 4.78 is 60.0. The van der Waals surface area contributed by atoms with Gasteiger partial charge in [0.1, 0.15) is 10.7 Å². The number of amides is 1. The minimum absolute atomic E-state index is 0.0284. The predicted octanol–water partition coefficient (Wildman–Crippen LogP) is 5.89. The number of nitrogens with one attached hydrogen (secondary N) is 1. The van der Waals surface area contributed by atoms with Gasteiger partial charge in [0, 0.05) is 24.3 Å². The molecule has 0 fully saturated rings. The number of rotatable bonds is 11. The highest BCUT2D eigenvalue weighted by atomic mass is 32.2. The predicted molar refractivity (Wildman–Crippen MR) is 164 cm³/mol. The normalized spacial score (nSPS) is 11.2. The molecule has 0 aliphatic rings. The number of halogens is 1. The summed E-state index contributed by atoms with van der Waals surface area (Å²) in [5.74, 6) is -1.28. The van der Waals surface area contributed by atoms with E-state index in [1.54, 1.807) is 42.5 Å². The Morgan fingerprint density at radius 1 is 0.795 bits per heavy atom. The van der Waals surface area contributed by atoms with E-state index >= 15 is 4.39 Å². The quantitative estimate of drug-likeness (QED) is 0.208. The molecule has 0 radical (unpaired) electrons. The molecule has 0 unspecified atom stereocenters. The van der Waals surface area contributed by atoms with Crippen molar-refractivity contribution in [1.29, 1.82) is 0 Å². The molecule has 0 aliphatic carbocycles. The van der Waals surface area contributed by atoms with Gasteiger partial charge < -0.3 is 19.5 Å². The molecule has 0 spiro atoms. The molecule has 0 saturated heterocycles. The summed E-state index contributed by atoms with van der Waals surface area (Å²) >= 11 is 0. The molecule has 44 heavy (non-hydrogen) atoms. The van der Waals surface area contributed by atoms with E-state index in [1.807, 2.05) is 19.9 Å². The second-order valence-corrected chi connectivity index (χ2v) is 11.9. The fourth-order valence-corrected chi connectivity index (χ4v) is 6.05. The summed E-state index contributed by atoms with van der Waals surface area (Å²) in [5, 5.41) is 2.78. The van der Waals surface area contributed by atoms with Crippen LogP contribution < -0.4 is 14.8 Å². The Morgan fingerprint density at radius 3 is 2.09 bits per heavy atom. The molecule has 4 aromatic carbocycles. The summed E-state index contributed by atoms with van der Waals surface area (Å²) in [6.07, 6.45) is 0. The van der Waals surface area contributed by atoms with Gasteiger partial charge in [-0.15, -0.1) is 0 Å². The third-order valence-electron chi connectivity index (χ3n) is 7.20. The zero-order valence-electron chi connectivity index (χ0n) is 25.0. The van der Waals surface area contributed by atoms with Crippen LogP contribution in [0.3, 0.4) is 0 Å². The summed E-state index contributed by atoms with van der Waals surface area (Å²) in [4.78, 5) is 24.4. The van der Waals surface area contributed by atoms with Gasteiger partial charge in [0.2, 0.25) is 10.0 Å². The Bertz CT molecular complexity index is 1790. The van der Waals surface area contributed by atoms with Crippen molar-refractivity contribution in [2.45, 2.75) is 31.8 Å². The second kappa shape index (κ2) is 13.7. The van der Waals surface area contributed by atoms with Gasteiger partial charge in [0.05, 0.1) is 26.9 Å². The summed E-state index contributed by atoms with van der Waals surface area (Å²) in [6, 6.07) is 19.8. The van der Waals surface area contributed by atoms with Crippen LogP contribution in [0, 0.1) is 19.7 Å². The highest BCUT2D eigenvalue weighted by Gasteiger charge is 2.29. The molecule has 0 saturated carbocycles. The lowest BCUT2D eigenvalue weighted by atomic mass is 10.1. The van der Waals surface area contributed by atoms with E-state index in [9.17, 15) is 18.0 Å². The van der Waals surface area contributed by atoms with Crippen molar-refractivity contribution < 1.29 is 36.6 Å². The zero-order valence-corrected chi connectivity index (χ0v) is 25.8. The standard InChI is InChI=1S/C33H33FN2O7S/c1-21-7-6-8-28(22(21)2)35-32(37)26-14-15-27(34)31(18-26)44(39,40)36(19-23-9-12-25(13-10-23)33(38)43-5)20-24-11-16-29(41-3)30(17-24)42-4/h6-18H,19-20H2,1-5H3,(H,35,37). The third-order valence-corrected chi connectivity index (χ3v) is 9.01. The molecule has 0 bridgehead atoms. The van der Waals surface area contributed by atoms with Crippen molar-refractivity contribution in [3.8, 4) is 11.5 Å². The van der Waals surface area contributed by atoms with E-state index in [2.05, 4.69) is 5.32 Å². The van der Waals surface area contributed by atoms with Crippen LogP contribution in [0.1, 0.15) is 43.0 Å². The number of esters is 1. The summed E-state index contributed by atoms with van der Waals surface area (Å²) in [5.41, 5.74) is 3.73. The number of benzene rings is 4. The number of carbonyl (C=O) groups is 2. The number of methoxy groups -OCH3 is 3. The minimum Gasteiger partial charge on any atom is -0.493 e. The minimum atomic E-state index is -4.52. The van der Waals surface area contributed by atoms with Gasteiger partial charge in [0.15, 0.2) is 11.5 Å². The van der Waals surface area contributed by atoms with Crippen molar-refractivity contribution in [3.63, 3.8) is 0 Å². The van der Waals surface area contributed by atoms with E-state index in [0.717, 1.165) is 27.6 Å². The van der Waals surface area contributed by atoms with Crippen molar-refractivity contribution in [2.75, 3.05) is 26.6 Å². The molecular weight excluding hydrogens is 587 g/mol. The summed E-state index contributed by atoms with van der Waals surface area (Å²) in [7, 11) is -0.315. The van der Waals surface area contributed by atoms with Crippen LogP contribution in [-0.4, -0.2) is 45.9 Å². The Morgan fingerprint density at radius 2 is 1.43 bits per heavy atom. The lowest BCUT2D eigenvalue weighted by Crippen LogP contribution is -2.31. The second-order valence-electron chi connectivity index (χ2n) is 10.00. The van der Waals surface area contributed by atoms with Gasteiger partial charge in [-0.2, -0.15) is 4.31 Å². The van der Waals surface area contributed by atoms with Crippen LogP contribution >= 0.6 is 0 Å². The number of anilines is 1. The van der Waals surface area contributed by atoms with Crippen LogP contribution in [0.25, 0.3) is 0 Å². The number of hydrogen-bond donors (Lipinski definition) is 1. The number of hydrogen-bond acceptors (Lipinski definition) is 7. The highest BCUT2D eigenvalue weighted by Crippen LogP contribution is 2.30. The van der Waals surface area contributed by atoms with Crippen molar-refractivity contribution >= 4 is 27.6 Å². The average molecular weight is 621 g/mol. The maximum atomic E-state index is 15.3. The maximum Gasteiger partial charge on any atom is 0.337 e. The third kappa shape index (κ3) is 7.07. The maximum absolute atomic E-state index is 15.3. The molecule has 11 heteroatoms. The first-order valence-electron chi connectivity index (χ1n) is 13.5. The molecule has 0 aliphatic heterocycles. The Hall–Kier alpha value is -4.74. The monoisotopic (exact) mass is 620 g/mol. The Kier molecular flexibility index (Phi) is 10.0. The van der Waals surface area contributed by atoms with Gasteiger partial charge in [0.25, 0.3) is 5.91 Å². The molecule has 9 nitrogen and oxygen atoms in total. The Labute approximate surface area is 256 Å². The van der Waals surface area contributed by atoms with E-state index in [1.165, 1.54) is 39.5 Å². The van der Waals surface area contributed by atoms with E-state index in [-0.39, 0.29) is 18.7 Å². The van der Waals surface area contributed by atoms with Crippen LogP contribution in [0.2, 0.25) is 0 Å². The van der Waals surface area contributed by atoms with Gasteiger partial charge in [-0.05, 0) is 84.6 Å². The van der Waals surface area contributed by atoms with Crippen LogP contribution in [-0.2, 0) is 27.8 Å². The molecular formula is C33H33FN2O7S. The van der Waals surface area contributed by atoms with Crippen molar-refractivity contribution in [2.24, 2.45) is 0 Å². The number of sulfonamides is 1. The molecule has 0 atom stereocenters. The largest absolute Gasteiger partial charge is 0.493 e. The molecule has 1 amide bonds. The zero-order chi connectivity index (χ0) is 32.0. The lowest BCUT2D eigenvalue weighted by Gasteiger charge is -2.24. The van der Waals surface area contributed by atoms with Gasteiger partial charge in [-0.3, -0.25) is 4.79 Å². The number of carbonyl (C=O) groups excluding carboxylic acids is 2. The fourth-order valence-electron chi connectivity index (χ4n) is 4.54. The molecule has 0 aromatic heterocycles. The van der Waals surface area contributed by atoms with Gasteiger partial charge in [-0.1, -0.05) is 30.3 Å². The smallest absolute Gasteiger partial charge is 0.337 e. The van der Waals surface area contributed by atoms with E-state index in [4.69, 9.17) is 14.2 Å². The van der Waals surface area contributed by atoms with E-state index in [0.29, 0.717) is 33.9 Å². The van der Waals surface area contributed by atoms with Crippen LogP contribution in [0.4, 0.5) is 10.1 Å². The molecule has 1 N–H and O–H groups in total. The highest BCUT2D eigenvalue weighted by molar-refractivity contribution is 7.89. The van der Waals surface area contributed by atoms with E-state index < -0.39 is 32.6 Å². The van der Waals surface area contributed by atoms with Crippen molar-refractivity contribution in [3.05, 3.63) is 118 Å². The molecule has 4 rings (SSSR count). The molecule has 0 heterocycles. The number of aryl methyl sites for hydroxylation is 1. The topological polar surface area (TPSA) is 111 Å². The first-order valence-corrected chi connectivity index (χ1v) is 15.0. The first kappa shape index (κ1) is 32.2. The average Bonchev–Trinajstić information content (AvgIpc) is 3.02. The van der Waals surface area contributed by atoms with Crippen LogP contribution in [0.15, 0.2) is 83.8 Å². The Balaban J connectivity index is 1.73. The van der Waals surface area contributed by atoms with Gasteiger partial charge in [-0.25, -0.2) is 17.6 Å². The number of nitrogens with zero attached hydrogens (tertiary/aromatic N) is 1. The molecule has 230 valence electrons.